The topological polar surface area (TPSA) is 23.0 Å². The Labute approximate surface area is 511 Å². The molecule has 0 atom stereocenters. The molecular formula is C84H56N2OSi. The van der Waals surface area contributed by atoms with Gasteiger partial charge in [-0.2, -0.15) is 0 Å². The smallest absolute Gasteiger partial charge is 0.179 e. The maximum absolute atomic E-state index is 6.48. The summed E-state index contributed by atoms with van der Waals surface area (Å²) in [6.45, 7) is 0. The number of furan rings is 1. The third-order valence-electron chi connectivity index (χ3n) is 18.3. The van der Waals surface area contributed by atoms with Gasteiger partial charge in [-0.1, -0.05) is 291 Å². The first-order valence-electron chi connectivity index (χ1n) is 30.3. The molecule has 88 heavy (non-hydrogen) atoms. The van der Waals surface area contributed by atoms with Crippen molar-refractivity contribution in [2.45, 2.75) is 0 Å². The van der Waals surface area contributed by atoms with Gasteiger partial charge in [0.1, 0.15) is 11.2 Å². The number of fused-ring (bicyclic) bond motifs is 9. The quantitative estimate of drug-likeness (QED) is 0.0935. The maximum atomic E-state index is 6.48. The summed E-state index contributed by atoms with van der Waals surface area (Å²) in [6, 6.07) is 126. The van der Waals surface area contributed by atoms with Crippen molar-refractivity contribution in [2.75, 3.05) is 0 Å². The molecule has 17 aromatic rings. The van der Waals surface area contributed by atoms with E-state index in [-0.39, 0.29) is 0 Å². The summed E-state index contributed by atoms with van der Waals surface area (Å²) >= 11 is 0. The average Bonchev–Trinajstić information content (AvgIpc) is 1.42. The monoisotopic (exact) mass is 1140 g/mol. The Balaban J connectivity index is 0.926. The molecule has 3 nitrogen and oxygen atoms in total. The second-order valence-corrected chi connectivity index (χ2v) is 26.9. The van der Waals surface area contributed by atoms with Crippen molar-refractivity contribution in [3.63, 3.8) is 0 Å². The van der Waals surface area contributed by atoms with Gasteiger partial charge in [-0.15, -0.1) is 0 Å². The molecule has 0 amide bonds. The van der Waals surface area contributed by atoms with Crippen LogP contribution in [0.4, 0.5) is 0 Å². The predicted molar refractivity (Wildman–Crippen MR) is 373 cm³/mol. The zero-order chi connectivity index (χ0) is 58.1. The minimum Gasteiger partial charge on any atom is -0.456 e. The summed E-state index contributed by atoms with van der Waals surface area (Å²) in [5.74, 6) is 0. The van der Waals surface area contributed by atoms with Crippen molar-refractivity contribution in [3.05, 3.63) is 340 Å². The largest absolute Gasteiger partial charge is 0.456 e. The summed E-state index contributed by atoms with van der Waals surface area (Å²) in [4.78, 5) is 0. The molecule has 0 aliphatic carbocycles. The molecule has 3 aromatic heterocycles. The van der Waals surface area contributed by atoms with Crippen molar-refractivity contribution in [1.29, 1.82) is 0 Å². The van der Waals surface area contributed by atoms with Crippen molar-refractivity contribution in [1.82, 2.24) is 9.13 Å². The summed E-state index contributed by atoms with van der Waals surface area (Å²) < 4.78 is 11.6. The van der Waals surface area contributed by atoms with E-state index in [2.05, 4.69) is 343 Å². The Morgan fingerprint density at radius 1 is 0.227 bits per heavy atom. The molecule has 0 bridgehead atoms. The van der Waals surface area contributed by atoms with Gasteiger partial charge in [0.2, 0.25) is 0 Å². The van der Waals surface area contributed by atoms with Crippen LogP contribution in [0.1, 0.15) is 0 Å². The molecule has 14 aromatic carbocycles. The first kappa shape index (κ1) is 51.1. The molecule has 412 valence electrons. The lowest BCUT2D eigenvalue weighted by molar-refractivity contribution is 0.669. The summed E-state index contributed by atoms with van der Waals surface area (Å²) in [6.07, 6.45) is 0. The maximum Gasteiger partial charge on any atom is 0.179 e. The van der Waals surface area contributed by atoms with E-state index >= 15 is 0 Å². The van der Waals surface area contributed by atoms with Crippen LogP contribution < -0.4 is 20.7 Å². The lowest BCUT2D eigenvalue weighted by atomic mass is 9.92. The predicted octanol–water partition coefficient (Wildman–Crippen LogP) is 19.5. The van der Waals surface area contributed by atoms with E-state index in [0.717, 1.165) is 99.9 Å². The fourth-order valence-electron chi connectivity index (χ4n) is 14.4. The van der Waals surface area contributed by atoms with Crippen LogP contribution in [0.15, 0.2) is 344 Å². The van der Waals surface area contributed by atoms with E-state index in [9.17, 15) is 0 Å². The van der Waals surface area contributed by atoms with Crippen LogP contribution in [0.3, 0.4) is 0 Å². The Bertz CT molecular complexity index is 5390. The lowest BCUT2D eigenvalue weighted by Crippen LogP contribution is -2.74. The van der Waals surface area contributed by atoms with Gasteiger partial charge < -0.3 is 13.6 Å². The number of nitrogens with zero attached hydrogens (tertiary/aromatic N) is 2. The third kappa shape index (κ3) is 8.18. The van der Waals surface area contributed by atoms with Crippen molar-refractivity contribution >= 4 is 94.4 Å². The average molecular weight is 1140 g/mol. The van der Waals surface area contributed by atoms with Gasteiger partial charge in [0.25, 0.3) is 0 Å². The summed E-state index contributed by atoms with van der Waals surface area (Å²) in [7, 11) is -3.18. The number of aromatic nitrogens is 2. The second-order valence-electron chi connectivity index (χ2n) is 23.0. The molecule has 0 radical (unpaired) electrons. The van der Waals surface area contributed by atoms with Gasteiger partial charge in [0.15, 0.2) is 8.07 Å². The number of para-hydroxylation sites is 4. The van der Waals surface area contributed by atoms with Crippen LogP contribution in [-0.2, 0) is 0 Å². The first-order valence-corrected chi connectivity index (χ1v) is 32.3. The van der Waals surface area contributed by atoms with Crippen molar-refractivity contribution in [3.8, 4) is 67.0 Å². The van der Waals surface area contributed by atoms with Gasteiger partial charge in [-0.25, -0.2) is 0 Å². The second kappa shape index (κ2) is 21.0. The van der Waals surface area contributed by atoms with Crippen molar-refractivity contribution in [2.24, 2.45) is 0 Å². The zero-order valence-corrected chi connectivity index (χ0v) is 49.1. The Morgan fingerprint density at radius 2 is 0.705 bits per heavy atom. The molecule has 17 rings (SSSR count). The van der Waals surface area contributed by atoms with Crippen LogP contribution >= 0.6 is 0 Å². The highest BCUT2D eigenvalue weighted by atomic mass is 28.3. The minimum absolute atomic E-state index is 0.884. The van der Waals surface area contributed by atoms with Gasteiger partial charge in [0, 0.05) is 54.7 Å². The minimum atomic E-state index is -3.18. The van der Waals surface area contributed by atoms with Crippen LogP contribution in [0.5, 0.6) is 0 Å². The Morgan fingerprint density at radius 3 is 1.38 bits per heavy atom. The van der Waals surface area contributed by atoms with E-state index in [1.54, 1.807) is 0 Å². The summed E-state index contributed by atoms with van der Waals surface area (Å²) in [5.41, 5.74) is 20.2. The van der Waals surface area contributed by atoms with Gasteiger partial charge in [-0.05, 0) is 108 Å². The van der Waals surface area contributed by atoms with E-state index in [1.165, 1.54) is 53.4 Å². The molecule has 0 spiro atoms. The highest BCUT2D eigenvalue weighted by molar-refractivity contribution is 7.20. The van der Waals surface area contributed by atoms with E-state index in [4.69, 9.17) is 4.42 Å². The highest BCUT2D eigenvalue weighted by Crippen LogP contribution is 2.46. The zero-order valence-electron chi connectivity index (χ0n) is 48.1. The Hall–Kier alpha value is -11.3. The molecule has 0 saturated heterocycles. The molecular weight excluding hydrogens is 1080 g/mol. The van der Waals surface area contributed by atoms with E-state index in [0.29, 0.717) is 0 Å². The van der Waals surface area contributed by atoms with Gasteiger partial charge in [0.05, 0.1) is 27.8 Å². The third-order valence-corrected chi connectivity index (χ3v) is 23.0. The van der Waals surface area contributed by atoms with Crippen LogP contribution in [0.25, 0.3) is 133 Å². The van der Waals surface area contributed by atoms with Crippen molar-refractivity contribution < 1.29 is 4.42 Å². The molecule has 0 fully saturated rings. The molecule has 0 saturated carbocycles. The standard InChI is InChI=1S/C84H56N2OSi/c1-6-26-57(27-7-1)60-32-24-37-65(52-60)88(63-33-12-4-13-34-63,64-35-14-5-15-36-64)66-55-75(58-28-8-2-9-29-58)84(76(56-66)59-30-10-3-11-31-59)86-79-46-22-19-41-70(79)77-54-62(49-51-80(77)86)85-78-45-21-18-40-69(78)74-44-25-43-73(83(74)85)68-39-17-16-38-67(68)61-48-50-72-71-42-20-23-47-81(71)87-82(72)53-61/h1-56H. The van der Waals surface area contributed by atoms with Crippen LogP contribution in [0, 0.1) is 0 Å². The molecule has 0 aliphatic rings. The number of hydrogen-bond acceptors (Lipinski definition) is 1. The molecule has 3 heterocycles. The normalized spacial score (nSPS) is 11.9. The number of rotatable bonds is 11. The molecule has 0 aliphatic heterocycles. The van der Waals surface area contributed by atoms with Gasteiger partial charge in [-0.3, -0.25) is 0 Å². The van der Waals surface area contributed by atoms with Gasteiger partial charge >= 0.3 is 0 Å². The first-order chi connectivity index (χ1) is 43.7. The highest BCUT2D eigenvalue weighted by Gasteiger charge is 2.43. The van der Waals surface area contributed by atoms with E-state index < -0.39 is 8.07 Å². The molecule has 0 unspecified atom stereocenters. The fourth-order valence-corrected chi connectivity index (χ4v) is 19.2. The lowest BCUT2D eigenvalue weighted by Gasteiger charge is -2.36. The SMILES string of the molecule is c1ccc(-c2cccc([Si](c3ccccc3)(c3ccccc3)c3cc(-c4ccccc4)c(-n4c5ccccc5c5cc(-n6c7ccccc7c7cccc(-c8ccccc8-c8ccc9c(c8)oc8ccccc89)c76)ccc54)c(-c4ccccc4)c3)c2)cc1. The van der Waals surface area contributed by atoms with E-state index in [1.807, 2.05) is 6.07 Å². The summed E-state index contributed by atoms with van der Waals surface area (Å²) in [5, 5.41) is 12.3. The number of benzene rings is 14. The molecule has 0 N–H and O–H groups in total. The van der Waals surface area contributed by atoms with Crippen LogP contribution in [0.2, 0.25) is 0 Å². The Kier molecular flexibility index (Phi) is 12.2. The molecule has 4 heteroatoms. The fraction of sp³-hybridized carbons (Fsp3) is 0. The number of hydrogen-bond donors (Lipinski definition) is 0. The van der Waals surface area contributed by atoms with Crippen LogP contribution in [-0.4, -0.2) is 17.2 Å².